The van der Waals surface area contributed by atoms with Crippen LogP contribution in [0.3, 0.4) is 0 Å². The summed E-state index contributed by atoms with van der Waals surface area (Å²) >= 11 is 0. The number of phosphoric acid groups is 1. The Morgan fingerprint density at radius 2 is 0.985 bits per heavy atom. The van der Waals surface area contributed by atoms with Crippen molar-refractivity contribution < 1.29 is 37.3 Å². The van der Waals surface area contributed by atoms with Crippen LogP contribution in [0.1, 0.15) is 201 Å². The molecule has 9 nitrogen and oxygen atoms in total. The zero-order valence-corrected chi connectivity index (χ0v) is 44.5. The summed E-state index contributed by atoms with van der Waals surface area (Å²) in [6.45, 7) is 6.75. The van der Waals surface area contributed by atoms with Gasteiger partial charge in [0.1, 0.15) is 19.3 Å². The maximum atomic E-state index is 13.4. The largest absolute Gasteiger partial charge is 0.472 e. The van der Waals surface area contributed by atoms with Crippen LogP contribution in [-0.4, -0.2) is 74.3 Å². The molecule has 2 N–H and O–H groups in total. The summed E-state index contributed by atoms with van der Waals surface area (Å²) in [6.07, 6.45) is 61.4. The molecule has 3 unspecified atom stereocenters. The van der Waals surface area contributed by atoms with Crippen LogP contribution >= 0.6 is 7.82 Å². The number of amides is 1. The minimum absolute atomic E-state index is 0.0208. The molecule has 0 fully saturated rings. The van der Waals surface area contributed by atoms with Crippen LogP contribution in [0.15, 0.2) is 97.2 Å². The van der Waals surface area contributed by atoms with Crippen molar-refractivity contribution in [3.05, 3.63) is 97.2 Å². The highest BCUT2D eigenvalue weighted by Crippen LogP contribution is 2.43. The summed E-state index contributed by atoms with van der Waals surface area (Å²) < 4.78 is 30.4. The number of nitrogens with zero attached hydrogens (tertiary/aromatic N) is 1. The maximum Gasteiger partial charge on any atom is 0.472 e. The van der Waals surface area contributed by atoms with Gasteiger partial charge >= 0.3 is 13.8 Å². The van der Waals surface area contributed by atoms with Crippen molar-refractivity contribution in [2.75, 3.05) is 40.9 Å². The second-order valence-electron chi connectivity index (χ2n) is 18.7. The van der Waals surface area contributed by atoms with Crippen molar-refractivity contribution in [2.24, 2.45) is 0 Å². The summed E-state index contributed by atoms with van der Waals surface area (Å²) in [4.78, 5) is 37.4. The molecule has 0 saturated carbocycles. The Balaban J connectivity index is 5.50. The Bertz CT molecular complexity index is 1470. The quantitative estimate of drug-likeness (QED) is 0.0205. The summed E-state index contributed by atoms with van der Waals surface area (Å²) in [5.74, 6) is -0.624. The van der Waals surface area contributed by atoms with Crippen molar-refractivity contribution in [1.29, 1.82) is 0 Å². The van der Waals surface area contributed by atoms with Crippen LogP contribution in [0.2, 0.25) is 0 Å². The first kappa shape index (κ1) is 63.9. The van der Waals surface area contributed by atoms with Crippen molar-refractivity contribution in [3.8, 4) is 0 Å². The average Bonchev–Trinajstić information content (AvgIpc) is 3.28. The molecule has 0 aliphatic rings. The van der Waals surface area contributed by atoms with E-state index in [0.717, 1.165) is 96.3 Å². The van der Waals surface area contributed by atoms with Gasteiger partial charge in [0.05, 0.1) is 33.8 Å². The first-order valence-corrected chi connectivity index (χ1v) is 28.1. The zero-order chi connectivity index (χ0) is 49.4. The highest BCUT2D eigenvalue weighted by molar-refractivity contribution is 7.47. The van der Waals surface area contributed by atoms with Gasteiger partial charge in [-0.1, -0.05) is 195 Å². The molecule has 0 bridgehead atoms. The molecule has 0 aliphatic heterocycles. The van der Waals surface area contributed by atoms with E-state index in [1.165, 1.54) is 57.8 Å². The smallest absolute Gasteiger partial charge is 0.456 e. The third-order valence-electron chi connectivity index (χ3n) is 11.0. The molecule has 0 heterocycles. The summed E-state index contributed by atoms with van der Waals surface area (Å²) in [7, 11) is 1.43. The fourth-order valence-electron chi connectivity index (χ4n) is 6.88. The Hall–Kier alpha value is -3.07. The lowest BCUT2D eigenvalue weighted by atomic mass is 10.1. The number of carbonyl (C=O) groups excluding carboxylic acids is 2. The Kier molecular flexibility index (Phi) is 44.5. The monoisotopic (exact) mass is 956 g/mol. The number of nitrogens with one attached hydrogen (secondary N) is 1. The normalized spacial score (nSPS) is 14.7. The maximum absolute atomic E-state index is 13.4. The predicted molar refractivity (Wildman–Crippen MR) is 286 cm³/mol. The Labute approximate surface area is 411 Å². The lowest BCUT2D eigenvalue weighted by Gasteiger charge is -2.27. The minimum Gasteiger partial charge on any atom is -0.456 e. The molecule has 0 spiro atoms. The number of rotatable bonds is 46. The van der Waals surface area contributed by atoms with Crippen LogP contribution in [0.5, 0.6) is 0 Å². The van der Waals surface area contributed by atoms with Crippen molar-refractivity contribution >= 4 is 19.7 Å². The zero-order valence-electron chi connectivity index (χ0n) is 43.6. The average molecular weight is 956 g/mol. The number of esters is 1. The van der Waals surface area contributed by atoms with Gasteiger partial charge in [-0.3, -0.25) is 18.6 Å². The lowest BCUT2D eigenvalue weighted by Crippen LogP contribution is -2.47. The number of ether oxygens (including phenoxy) is 1. The molecule has 1 amide bonds. The fourth-order valence-corrected chi connectivity index (χ4v) is 7.62. The molecule has 0 aliphatic carbocycles. The fraction of sp³-hybridized carbons (Fsp3) is 0.684. The van der Waals surface area contributed by atoms with E-state index < -0.39 is 20.0 Å². The lowest BCUT2D eigenvalue weighted by molar-refractivity contribution is -0.870. The van der Waals surface area contributed by atoms with Gasteiger partial charge in [0.15, 0.2) is 0 Å². The Morgan fingerprint density at radius 1 is 0.537 bits per heavy atom. The molecule has 0 aromatic heterocycles. The third kappa shape index (κ3) is 47.8. The van der Waals surface area contributed by atoms with Crippen LogP contribution in [-0.2, 0) is 27.9 Å². The third-order valence-corrected chi connectivity index (χ3v) is 12.0. The predicted octanol–water partition coefficient (Wildman–Crippen LogP) is 15.7. The van der Waals surface area contributed by atoms with Crippen molar-refractivity contribution in [3.63, 3.8) is 0 Å². The standard InChI is InChI=1S/C57H99N2O7P/c1-7-10-13-16-19-22-25-26-27-28-29-30-31-32-35-37-40-43-46-49-56(60)58-54(53-65-67(62,63)64-52-51-59(4,5)6)55(48-45-42-39-36-33-23-20-17-14-11-8-2)66-57(61)50-47-44-41-38-34-24-21-18-15-12-9-3/h10,13,18-19,21-22,26-27,29-30,32,35,40,43,45,48,54-55H,7-9,11-12,14-17,20,23-25,28,31,33-34,36-39,41-42,44,46-47,49-53H2,1-6H3,(H-,58,60,62,63)/p+1/b13-10-,21-18-,22-19-,27-26-,30-29-,35-32-,43-40-,48-45-. The molecule has 10 heteroatoms. The van der Waals surface area contributed by atoms with Crippen molar-refractivity contribution in [2.45, 2.75) is 213 Å². The van der Waals surface area contributed by atoms with E-state index in [2.05, 4.69) is 99.0 Å². The van der Waals surface area contributed by atoms with Crippen LogP contribution in [0.25, 0.3) is 0 Å². The summed E-state index contributed by atoms with van der Waals surface area (Å²) in [5.41, 5.74) is 0. The molecular formula is C57H100N2O7P+. The van der Waals surface area contributed by atoms with Gasteiger partial charge < -0.3 is 19.4 Å². The first-order valence-electron chi connectivity index (χ1n) is 26.6. The SMILES string of the molecule is CC/C=C\C/C=C\C/C=C\C/C=C\C/C=C\C/C=C\CCC(=O)NC(COP(=O)(O)OCC[N+](C)(C)C)C(/C=C\CCCCCCCCCCC)OC(=O)CCCCCCC/C=C\CCCC. The molecule has 384 valence electrons. The van der Waals surface area contributed by atoms with E-state index in [4.69, 9.17) is 13.8 Å². The number of likely N-dealkylation sites (N-methyl/N-ethyl adjacent to an activating group) is 1. The van der Waals surface area contributed by atoms with Crippen LogP contribution in [0, 0.1) is 0 Å². The topological polar surface area (TPSA) is 111 Å². The van der Waals surface area contributed by atoms with E-state index in [9.17, 15) is 19.0 Å². The number of unbranched alkanes of at least 4 members (excludes halogenated alkanes) is 16. The van der Waals surface area contributed by atoms with Gasteiger partial charge in [-0.2, -0.15) is 0 Å². The number of allylic oxidation sites excluding steroid dienone is 15. The number of hydrogen-bond donors (Lipinski definition) is 2. The Morgan fingerprint density at radius 3 is 1.51 bits per heavy atom. The number of phosphoric ester groups is 1. The second-order valence-corrected chi connectivity index (χ2v) is 20.1. The van der Waals surface area contributed by atoms with Gasteiger partial charge in [0, 0.05) is 12.8 Å². The molecule has 0 rings (SSSR count). The van der Waals surface area contributed by atoms with E-state index in [1.54, 1.807) is 0 Å². The first-order chi connectivity index (χ1) is 32.4. The van der Waals surface area contributed by atoms with Crippen LogP contribution < -0.4 is 5.32 Å². The summed E-state index contributed by atoms with van der Waals surface area (Å²) in [5, 5.41) is 2.98. The molecule has 67 heavy (non-hydrogen) atoms. The van der Waals surface area contributed by atoms with Gasteiger partial charge in [-0.25, -0.2) is 4.57 Å². The van der Waals surface area contributed by atoms with E-state index in [-0.39, 0.29) is 37.9 Å². The summed E-state index contributed by atoms with van der Waals surface area (Å²) in [6, 6.07) is -0.894. The highest BCUT2D eigenvalue weighted by atomic mass is 31.2. The van der Waals surface area contributed by atoms with E-state index >= 15 is 0 Å². The van der Waals surface area contributed by atoms with E-state index in [0.29, 0.717) is 23.9 Å². The van der Waals surface area contributed by atoms with Crippen LogP contribution in [0.4, 0.5) is 0 Å². The highest BCUT2D eigenvalue weighted by Gasteiger charge is 2.30. The second kappa shape index (κ2) is 46.6. The molecular weight excluding hydrogens is 856 g/mol. The molecule has 0 radical (unpaired) electrons. The number of hydrogen-bond acceptors (Lipinski definition) is 6. The minimum atomic E-state index is -4.46. The van der Waals surface area contributed by atoms with E-state index in [1.807, 2.05) is 45.4 Å². The van der Waals surface area contributed by atoms with Gasteiger partial charge in [0.25, 0.3) is 0 Å². The molecule has 3 atom stereocenters. The van der Waals surface area contributed by atoms with Gasteiger partial charge in [-0.05, 0) is 89.5 Å². The molecule has 0 saturated heterocycles. The molecule has 0 aromatic rings. The van der Waals surface area contributed by atoms with Gasteiger partial charge in [-0.15, -0.1) is 0 Å². The van der Waals surface area contributed by atoms with Crippen molar-refractivity contribution in [1.82, 2.24) is 5.32 Å². The number of quaternary nitrogens is 1. The molecule has 0 aromatic carbocycles. The van der Waals surface area contributed by atoms with Gasteiger partial charge in [0.2, 0.25) is 5.91 Å². The number of carbonyl (C=O) groups is 2.